The lowest BCUT2D eigenvalue weighted by Crippen LogP contribution is -2.43. The topological polar surface area (TPSA) is 63.7 Å². The lowest BCUT2D eigenvalue weighted by atomic mass is 10.2. The molecule has 0 bridgehead atoms. The van der Waals surface area contributed by atoms with Crippen molar-refractivity contribution < 1.29 is 17.9 Å². The molecule has 1 aliphatic carbocycles. The van der Waals surface area contributed by atoms with Crippen LogP contribution in [-0.2, 0) is 19.6 Å². The number of hydrogen-bond donors (Lipinski definition) is 0. The number of ether oxygens (including phenoxy) is 1. The number of nitrogens with zero attached hydrogens (tertiary/aromatic N) is 1. The molecular weight excluding hydrogens is 302 g/mol. The molecule has 1 fully saturated rings. The molecule has 0 aromatic heterocycles. The lowest BCUT2D eigenvalue weighted by Gasteiger charge is -2.25. The molecule has 1 aliphatic rings. The average Bonchev–Trinajstić information content (AvgIpc) is 3.30. The fourth-order valence-corrected chi connectivity index (χ4v) is 3.62. The molecule has 0 heterocycles. The van der Waals surface area contributed by atoms with Crippen molar-refractivity contribution in [3.05, 3.63) is 41.5 Å². The van der Waals surface area contributed by atoms with E-state index in [9.17, 15) is 13.2 Å². The molecule has 0 radical (unpaired) electrons. The first-order valence-electron chi connectivity index (χ1n) is 7.20. The number of methoxy groups -OCH3 is 1. The second-order valence-electron chi connectivity index (χ2n) is 5.45. The van der Waals surface area contributed by atoms with Crippen LogP contribution in [0.1, 0.15) is 25.3 Å². The Bertz CT molecular complexity index is 671. The highest BCUT2D eigenvalue weighted by Gasteiger charge is 2.33. The van der Waals surface area contributed by atoms with E-state index in [1.165, 1.54) is 17.0 Å². The van der Waals surface area contributed by atoms with Gasteiger partial charge in [0, 0.05) is 6.54 Å². The Labute approximate surface area is 131 Å². The van der Waals surface area contributed by atoms with Gasteiger partial charge in [-0.05, 0) is 38.8 Å². The summed E-state index contributed by atoms with van der Waals surface area (Å²) in [6.45, 7) is 3.62. The van der Waals surface area contributed by atoms with E-state index < -0.39 is 22.0 Å². The van der Waals surface area contributed by atoms with Gasteiger partial charge in [0.1, 0.15) is 6.04 Å². The first-order chi connectivity index (χ1) is 10.4. The fraction of sp³-hybridized carbons (Fsp3) is 0.438. The zero-order chi connectivity index (χ0) is 16.3. The maximum atomic E-state index is 12.8. The van der Waals surface area contributed by atoms with E-state index in [2.05, 4.69) is 0 Å². The zero-order valence-electron chi connectivity index (χ0n) is 13.1. The van der Waals surface area contributed by atoms with E-state index in [1.807, 2.05) is 13.0 Å². The van der Waals surface area contributed by atoms with Crippen LogP contribution < -0.4 is 0 Å². The van der Waals surface area contributed by atoms with Gasteiger partial charge >= 0.3 is 5.97 Å². The summed E-state index contributed by atoms with van der Waals surface area (Å²) in [7, 11) is -2.49. The Balaban J connectivity index is 2.34. The quantitative estimate of drug-likeness (QED) is 0.595. The SMILES string of the molecule is COC(=O)[C@H](C)N(CC=C1CC1)S(=O)(=O)c1ccc(C)cc1. The van der Waals surface area contributed by atoms with Gasteiger partial charge in [0.2, 0.25) is 10.0 Å². The molecule has 22 heavy (non-hydrogen) atoms. The second kappa shape index (κ2) is 6.62. The molecule has 120 valence electrons. The lowest BCUT2D eigenvalue weighted by molar-refractivity contribution is -0.144. The van der Waals surface area contributed by atoms with Crippen molar-refractivity contribution in [1.29, 1.82) is 0 Å². The number of sulfonamides is 1. The Morgan fingerprint density at radius 3 is 2.41 bits per heavy atom. The number of carbonyl (C=O) groups is 1. The maximum Gasteiger partial charge on any atom is 0.323 e. The van der Waals surface area contributed by atoms with Crippen LogP contribution in [0.25, 0.3) is 0 Å². The van der Waals surface area contributed by atoms with Gasteiger partial charge in [0.25, 0.3) is 0 Å². The molecule has 2 rings (SSSR count). The van der Waals surface area contributed by atoms with Gasteiger partial charge in [-0.25, -0.2) is 8.42 Å². The van der Waals surface area contributed by atoms with Gasteiger partial charge in [-0.2, -0.15) is 4.31 Å². The molecule has 0 aliphatic heterocycles. The van der Waals surface area contributed by atoms with Gasteiger partial charge < -0.3 is 4.74 Å². The van der Waals surface area contributed by atoms with Crippen molar-refractivity contribution in [1.82, 2.24) is 4.31 Å². The number of carbonyl (C=O) groups excluding carboxylic acids is 1. The third-order valence-electron chi connectivity index (χ3n) is 3.70. The van der Waals surface area contributed by atoms with Crippen molar-refractivity contribution in [3.8, 4) is 0 Å². The predicted octanol–water partition coefficient (Wildman–Crippen LogP) is 2.27. The number of esters is 1. The van der Waals surface area contributed by atoms with E-state index in [1.54, 1.807) is 31.2 Å². The van der Waals surface area contributed by atoms with Gasteiger partial charge in [0.05, 0.1) is 12.0 Å². The van der Waals surface area contributed by atoms with Crippen LogP contribution in [0.4, 0.5) is 0 Å². The molecule has 0 spiro atoms. The largest absolute Gasteiger partial charge is 0.468 e. The summed E-state index contributed by atoms with van der Waals surface area (Å²) < 4.78 is 31.5. The smallest absolute Gasteiger partial charge is 0.323 e. The molecule has 1 saturated carbocycles. The molecule has 1 aromatic carbocycles. The van der Waals surface area contributed by atoms with Crippen LogP contribution in [-0.4, -0.2) is 38.4 Å². The maximum absolute atomic E-state index is 12.8. The van der Waals surface area contributed by atoms with Gasteiger partial charge in [-0.1, -0.05) is 29.3 Å². The standard InChI is InChI=1S/C16H21NO4S/c1-12-4-8-15(9-5-12)22(19,20)17(11-10-14-6-7-14)13(2)16(18)21-3/h4-5,8-10,13H,6-7,11H2,1-3H3/t13-/m0/s1. The van der Waals surface area contributed by atoms with Gasteiger partial charge in [0.15, 0.2) is 0 Å². The molecule has 1 atom stereocenters. The first-order valence-corrected chi connectivity index (χ1v) is 8.64. The predicted molar refractivity (Wildman–Crippen MR) is 83.9 cm³/mol. The summed E-state index contributed by atoms with van der Waals surface area (Å²) in [6.07, 6.45) is 3.89. The molecule has 0 N–H and O–H groups in total. The average molecular weight is 323 g/mol. The summed E-state index contributed by atoms with van der Waals surface area (Å²) in [5.74, 6) is -0.565. The second-order valence-corrected chi connectivity index (χ2v) is 7.34. The number of allylic oxidation sites excluding steroid dienone is 1. The highest BCUT2D eigenvalue weighted by atomic mass is 32.2. The minimum Gasteiger partial charge on any atom is -0.468 e. The fourth-order valence-electron chi connectivity index (χ4n) is 2.09. The molecule has 5 nitrogen and oxygen atoms in total. The highest BCUT2D eigenvalue weighted by Crippen LogP contribution is 2.28. The molecule has 0 saturated heterocycles. The first kappa shape index (κ1) is 16.7. The van der Waals surface area contributed by atoms with E-state index in [0.29, 0.717) is 0 Å². The van der Waals surface area contributed by atoms with Crippen molar-refractivity contribution in [2.24, 2.45) is 0 Å². The summed E-state index contributed by atoms with van der Waals surface area (Å²) in [5.41, 5.74) is 2.20. The number of aryl methyl sites for hydroxylation is 1. The third kappa shape index (κ3) is 3.75. The zero-order valence-corrected chi connectivity index (χ0v) is 13.9. The summed E-state index contributed by atoms with van der Waals surface area (Å²) >= 11 is 0. The minimum atomic E-state index is -3.75. The number of hydrogen-bond acceptors (Lipinski definition) is 4. The van der Waals surface area contributed by atoms with Gasteiger partial charge in [-0.15, -0.1) is 0 Å². The van der Waals surface area contributed by atoms with Crippen LogP contribution in [0.2, 0.25) is 0 Å². The van der Waals surface area contributed by atoms with E-state index in [0.717, 1.165) is 18.4 Å². The molecule has 6 heteroatoms. The van der Waals surface area contributed by atoms with E-state index >= 15 is 0 Å². The minimum absolute atomic E-state index is 0.182. The van der Waals surface area contributed by atoms with Crippen molar-refractivity contribution in [3.63, 3.8) is 0 Å². The molecule has 1 aromatic rings. The Morgan fingerprint density at radius 1 is 1.32 bits per heavy atom. The van der Waals surface area contributed by atoms with Crippen molar-refractivity contribution in [2.45, 2.75) is 37.6 Å². The van der Waals surface area contributed by atoms with Crippen LogP contribution >= 0.6 is 0 Å². The summed E-state index contributed by atoms with van der Waals surface area (Å²) in [4.78, 5) is 12.0. The Hall–Kier alpha value is -1.66. The Morgan fingerprint density at radius 2 is 1.91 bits per heavy atom. The number of benzene rings is 1. The normalized spacial score (nSPS) is 15.5. The summed E-state index contributed by atoms with van der Waals surface area (Å²) in [5, 5.41) is 0. The highest BCUT2D eigenvalue weighted by molar-refractivity contribution is 7.89. The van der Waals surface area contributed by atoms with Crippen molar-refractivity contribution in [2.75, 3.05) is 13.7 Å². The third-order valence-corrected chi connectivity index (χ3v) is 5.65. The molecular formula is C16H21NO4S. The Kier molecular flexibility index (Phi) is 5.03. The van der Waals surface area contributed by atoms with Crippen LogP contribution in [0.5, 0.6) is 0 Å². The van der Waals surface area contributed by atoms with Crippen LogP contribution in [0.3, 0.4) is 0 Å². The molecule has 0 unspecified atom stereocenters. The van der Waals surface area contributed by atoms with Crippen LogP contribution in [0, 0.1) is 6.92 Å². The van der Waals surface area contributed by atoms with Crippen LogP contribution in [0.15, 0.2) is 40.8 Å². The monoisotopic (exact) mass is 323 g/mol. The summed E-state index contributed by atoms with van der Waals surface area (Å²) in [6, 6.07) is 5.74. The molecule has 0 amide bonds. The van der Waals surface area contributed by atoms with E-state index in [4.69, 9.17) is 4.74 Å². The van der Waals surface area contributed by atoms with Gasteiger partial charge in [-0.3, -0.25) is 4.79 Å². The van der Waals surface area contributed by atoms with E-state index in [-0.39, 0.29) is 11.4 Å². The van der Waals surface area contributed by atoms with Crippen molar-refractivity contribution >= 4 is 16.0 Å². The number of rotatable bonds is 6.